The fourth-order valence-corrected chi connectivity index (χ4v) is 3.32. The number of fused-ring (bicyclic) bond motifs is 1. The van der Waals surface area contributed by atoms with Crippen LogP contribution in [0.1, 0.15) is 17.0 Å². The molecule has 0 N–H and O–H groups in total. The molecule has 0 radical (unpaired) electrons. The Kier molecular flexibility index (Phi) is 2.92. The molecule has 1 aliphatic rings. The third-order valence-electron chi connectivity index (χ3n) is 4.75. The van der Waals surface area contributed by atoms with E-state index in [1.165, 1.54) is 6.33 Å². The van der Waals surface area contributed by atoms with Crippen molar-refractivity contribution in [1.82, 2.24) is 29.4 Å². The van der Waals surface area contributed by atoms with Crippen LogP contribution in [0.25, 0.3) is 5.78 Å². The van der Waals surface area contributed by atoms with E-state index in [-0.39, 0.29) is 5.60 Å². The minimum atomic E-state index is -0.345. The van der Waals surface area contributed by atoms with E-state index in [0.29, 0.717) is 5.78 Å². The lowest BCUT2D eigenvalue weighted by molar-refractivity contribution is -0.0450. The van der Waals surface area contributed by atoms with E-state index in [2.05, 4.69) is 32.0 Å². The number of aromatic nitrogens is 6. The van der Waals surface area contributed by atoms with Crippen LogP contribution in [0.15, 0.2) is 18.6 Å². The van der Waals surface area contributed by atoms with Crippen LogP contribution < -0.4 is 4.90 Å². The molecule has 3 aromatic heterocycles. The largest absolute Gasteiger partial charge is 0.368 e. The van der Waals surface area contributed by atoms with Crippen molar-refractivity contribution >= 4 is 11.6 Å². The Bertz CT molecular complexity index is 875. The molecule has 8 heteroatoms. The molecule has 23 heavy (non-hydrogen) atoms. The third-order valence-corrected chi connectivity index (χ3v) is 4.75. The molecular weight excluding hydrogens is 294 g/mol. The summed E-state index contributed by atoms with van der Waals surface area (Å²) in [5.74, 6) is 1.65. The summed E-state index contributed by atoms with van der Waals surface area (Å²) in [7, 11) is 3.69. The first-order valence-corrected chi connectivity index (χ1v) is 7.51. The normalized spacial score (nSPS) is 16.8. The van der Waals surface area contributed by atoms with Gasteiger partial charge in [0.1, 0.15) is 17.7 Å². The van der Waals surface area contributed by atoms with Crippen molar-refractivity contribution in [1.29, 1.82) is 0 Å². The van der Waals surface area contributed by atoms with Crippen LogP contribution in [0.2, 0.25) is 0 Å². The van der Waals surface area contributed by atoms with Gasteiger partial charge < -0.3 is 9.64 Å². The molecule has 1 aliphatic heterocycles. The zero-order valence-electron chi connectivity index (χ0n) is 13.7. The van der Waals surface area contributed by atoms with E-state index < -0.39 is 0 Å². The zero-order chi connectivity index (χ0) is 16.2. The molecule has 0 atom stereocenters. The highest BCUT2D eigenvalue weighted by atomic mass is 16.5. The number of nitrogens with zero attached hydrogens (tertiary/aromatic N) is 7. The first kappa shape index (κ1) is 14.1. The second-order valence-corrected chi connectivity index (χ2v) is 6.01. The summed E-state index contributed by atoms with van der Waals surface area (Å²) in [6, 6.07) is 2.01. The first-order valence-electron chi connectivity index (χ1n) is 7.51. The van der Waals surface area contributed by atoms with Crippen molar-refractivity contribution in [3.63, 3.8) is 0 Å². The summed E-state index contributed by atoms with van der Waals surface area (Å²) in [5, 5.41) is 8.58. The SMILES string of the molecule is COC1(c2ccnn2C)CN(c2c(C)c(C)nc3ncnn23)C1. The van der Waals surface area contributed by atoms with Gasteiger partial charge in [0.15, 0.2) is 0 Å². The maximum absolute atomic E-state index is 5.85. The van der Waals surface area contributed by atoms with Crippen LogP contribution in [-0.2, 0) is 17.4 Å². The van der Waals surface area contributed by atoms with Gasteiger partial charge >= 0.3 is 0 Å². The average Bonchev–Trinajstić information content (AvgIpc) is 3.11. The summed E-state index contributed by atoms with van der Waals surface area (Å²) in [6.07, 6.45) is 3.34. The van der Waals surface area contributed by atoms with Gasteiger partial charge in [-0.05, 0) is 19.9 Å². The monoisotopic (exact) mass is 313 g/mol. The molecule has 0 saturated carbocycles. The number of hydrogen-bond acceptors (Lipinski definition) is 6. The topological polar surface area (TPSA) is 73.4 Å². The van der Waals surface area contributed by atoms with Gasteiger partial charge in [-0.15, -0.1) is 0 Å². The molecule has 120 valence electrons. The van der Waals surface area contributed by atoms with E-state index in [1.807, 2.05) is 24.7 Å². The maximum Gasteiger partial charge on any atom is 0.254 e. The third kappa shape index (κ3) is 1.88. The summed E-state index contributed by atoms with van der Waals surface area (Å²) in [4.78, 5) is 10.9. The molecule has 0 amide bonds. The predicted octanol–water partition coefficient (Wildman–Crippen LogP) is 0.837. The highest BCUT2D eigenvalue weighted by molar-refractivity contribution is 5.57. The average molecular weight is 313 g/mol. The molecule has 8 nitrogen and oxygen atoms in total. The lowest BCUT2D eigenvalue weighted by Crippen LogP contribution is -2.62. The summed E-state index contributed by atoms with van der Waals surface area (Å²) < 4.78 is 9.52. The summed E-state index contributed by atoms with van der Waals surface area (Å²) >= 11 is 0. The van der Waals surface area contributed by atoms with E-state index in [9.17, 15) is 0 Å². The Morgan fingerprint density at radius 3 is 2.65 bits per heavy atom. The number of rotatable bonds is 3. The van der Waals surface area contributed by atoms with Crippen molar-refractivity contribution in [2.45, 2.75) is 19.4 Å². The molecule has 4 rings (SSSR count). The number of anilines is 1. The van der Waals surface area contributed by atoms with E-state index >= 15 is 0 Å². The molecule has 0 spiro atoms. The second-order valence-electron chi connectivity index (χ2n) is 6.01. The Balaban J connectivity index is 1.74. The van der Waals surface area contributed by atoms with Crippen LogP contribution in [0.3, 0.4) is 0 Å². The highest BCUT2D eigenvalue weighted by Gasteiger charge is 2.48. The standard InChI is InChI=1S/C15H19N7O/c1-10-11(2)19-14-16-9-18-22(14)13(10)21-7-15(8-21,23-4)12-5-6-17-20(12)3/h5-6,9H,7-8H2,1-4H3. The van der Waals surface area contributed by atoms with E-state index in [0.717, 1.165) is 35.9 Å². The van der Waals surface area contributed by atoms with Crippen LogP contribution in [0, 0.1) is 13.8 Å². The van der Waals surface area contributed by atoms with Gasteiger partial charge in [-0.25, -0.2) is 4.98 Å². The van der Waals surface area contributed by atoms with Crippen molar-refractivity contribution < 1.29 is 4.74 Å². The fraction of sp³-hybridized carbons (Fsp3) is 0.467. The number of methoxy groups -OCH3 is 1. The maximum atomic E-state index is 5.85. The second kappa shape index (κ2) is 4.76. The van der Waals surface area contributed by atoms with Gasteiger partial charge in [0.2, 0.25) is 0 Å². The van der Waals surface area contributed by atoms with Gasteiger partial charge in [0.05, 0.1) is 18.8 Å². The first-order chi connectivity index (χ1) is 11.1. The Morgan fingerprint density at radius 1 is 1.22 bits per heavy atom. The highest BCUT2D eigenvalue weighted by Crippen LogP contribution is 2.39. The number of hydrogen-bond donors (Lipinski definition) is 0. The molecule has 1 fully saturated rings. The number of ether oxygens (including phenoxy) is 1. The molecular formula is C15H19N7O. The Morgan fingerprint density at radius 2 is 2.00 bits per heavy atom. The zero-order valence-corrected chi connectivity index (χ0v) is 13.7. The summed E-state index contributed by atoms with van der Waals surface area (Å²) in [6.45, 7) is 5.54. The van der Waals surface area contributed by atoms with Gasteiger partial charge in [-0.1, -0.05) is 0 Å². The Hall–Kier alpha value is -2.48. The van der Waals surface area contributed by atoms with E-state index in [4.69, 9.17) is 4.74 Å². The summed E-state index contributed by atoms with van der Waals surface area (Å²) in [5.41, 5.74) is 2.81. The van der Waals surface area contributed by atoms with Gasteiger partial charge in [0.25, 0.3) is 5.78 Å². The minimum absolute atomic E-state index is 0.345. The van der Waals surface area contributed by atoms with Crippen molar-refractivity contribution in [2.24, 2.45) is 7.05 Å². The minimum Gasteiger partial charge on any atom is -0.368 e. The van der Waals surface area contributed by atoms with Gasteiger partial charge in [0, 0.05) is 31.6 Å². The lowest BCUT2D eigenvalue weighted by atomic mass is 9.89. The fourth-order valence-electron chi connectivity index (χ4n) is 3.32. The van der Waals surface area contributed by atoms with Crippen LogP contribution in [0.5, 0.6) is 0 Å². The molecule has 0 bridgehead atoms. The lowest BCUT2D eigenvalue weighted by Gasteiger charge is -2.50. The van der Waals surface area contributed by atoms with Crippen LogP contribution in [0.4, 0.5) is 5.82 Å². The molecule has 3 aromatic rings. The predicted molar refractivity (Wildman–Crippen MR) is 84.4 cm³/mol. The molecule has 0 unspecified atom stereocenters. The number of aryl methyl sites for hydroxylation is 2. The van der Waals surface area contributed by atoms with Crippen molar-refractivity contribution in [3.05, 3.63) is 35.5 Å². The Labute approximate surface area is 133 Å². The molecule has 0 aromatic carbocycles. The van der Waals surface area contributed by atoms with Crippen molar-refractivity contribution in [3.8, 4) is 0 Å². The van der Waals surface area contributed by atoms with Crippen molar-refractivity contribution in [2.75, 3.05) is 25.1 Å². The molecule has 0 aliphatic carbocycles. The quantitative estimate of drug-likeness (QED) is 0.713. The van der Waals surface area contributed by atoms with E-state index in [1.54, 1.807) is 17.8 Å². The van der Waals surface area contributed by atoms with Crippen LogP contribution in [-0.4, -0.2) is 49.6 Å². The molecule has 1 saturated heterocycles. The smallest absolute Gasteiger partial charge is 0.254 e. The van der Waals surface area contributed by atoms with Gasteiger partial charge in [-0.2, -0.15) is 19.7 Å². The van der Waals surface area contributed by atoms with Crippen LogP contribution >= 0.6 is 0 Å². The molecule has 4 heterocycles. The van der Waals surface area contributed by atoms with Gasteiger partial charge in [-0.3, -0.25) is 4.68 Å².